The van der Waals surface area contributed by atoms with Gasteiger partial charge >= 0.3 is 0 Å². The fourth-order valence-corrected chi connectivity index (χ4v) is 6.63. The zero-order valence-corrected chi connectivity index (χ0v) is 18.9. The lowest BCUT2D eigenvalue weighted by Crippen LogP contribution is -2.16. The molecule has 2 aromatic rings. The molecule has 2 aliphatic carbocycles. The zero-order chi connectivity index (χ0) is 18.1. The molecule has 0 radical (unpaired) electrons. The third-order valence-electron chi connectivity index (χ3n) is 5.03. The first-order valence-electron chi connectivity index (χ1n) is 8.48. The average Bonchev–Trinajstić information content (AvgIpc) is 2.59. The highest BCUT2D eigenvalue weighted by molar-refractivity contribution is 9.10. The first-order chi connectivity index (χ1) is 11.9. The van der Waals surface area contributed by atoms with Gasteiger partial charge in [0.1, 0.15) is 16.2 Å². The Kier molecular flexibility index (Phi) is 6.12. The van der Waals surface area contributed by atoms with E-state index < -0.39 is 0 Å². The molecule has 2 atom stereocenters. The van der Waals surface area contributed by atoms with E-state index in [2.05, 4.69) is 77.4 Å². The Morgan fingerprint density at radius 2 is 1.56 bits per heavy atom. The highest BCUT2D eigenvalue weighted by Gasteiger charge is 2.33. The number of fused-ring (bicyclic) bond motifs is 4. The minimum Gasteiger partial charge on any atom is -0.496 e. The number of ether oxygens (including phenoxy) is 1. The molecule has 25 heavy (non-hydrogen) atoms. The summed E-state index contributed by atoms with van der Waals surface area (Å²) in [6, 6.07) is 13.9. The van der Waals surface area contributed by atoms with Gasteiger partial charge in [0, 0.05) is 34.0 Å². The van der Waals surface area contributed by atoms with Crippen LogP contribution in [0.3, 0.4) is 0 Å². The highest BCUT2D eigenvalue weighted by Crippen LogP contribution is 2.41. The highest BCUT2D eigenvalue weighted by atomic mass is 79.9. The molecule has 2 aromatic carbocycles. The van der Waals surface area contributed by atoms with Crippen LogP contribution in [0.5, 0.6) is 5.75 Å². The van der Waals surface area contributed by atoms with E-state index >= 15 is 0 Å². The fourth-order valence-electron chi connectivity index (χ4n) is 3.68. The molecule has 2 aliphatic rings. The molecular weight excluding hydrogens is 412 g/mol. The summed E-state index contributed by atoms with van der Waals surface area (Å²) >= 11 is 3.76. The van der Waals surface area contributed by atoms with E-state index in [0.717, 1.165) is 18.6 Å². The van der Waals surface area contributed by atoms with Crippen LogP contribution in [0, 0.1) is 0 Å². The minimum atomic E-state index is 0.265. The maximum atomic E-state index is 5.97. The van der Waals surface area contributed by atoms with Crippen molar-refractivity contribution >= 4 is 37.7 Å². The molecule has 4 rings (SSSR count). The monoisotopic (exact) mass is 438 g/mol. The molecule has 0 amide bonds. The molecule has 4 heteroatoms. The van der Waals surface area contributed by atoms with E-state index in [9.17, 15) is 0 Å². The van der Waals surface area contributed by atoms with Gasteiger partial charge in [-0.3, -0.25) is 0 Å². The Morgan fingerprint density at radius 1 is 0.920 bits per heavy atom. The molecule has 0 N–H and O–H groups in total. The van der Waals surface area contributed by atoms with Gasteiger partial charge in [-0.05, 0) is 39.5 Å². The van der Waals surface area contributed by atoms with Crippen molar-refractivity contribution in [2.24, 2.45) is 0 Å². The quantitative estimate of drug-likeness (QED) is 0.605. The lowest BCUT2D eigenvalue weighted by atomic mass is 9.99. The summed E-state index contributed by atoms with van der Waals surface area (Å²) in [5.41, 5.74) is 5.56. The smallest absolute Gasteiger partial charge is 0.150 e. The standard InChI is InChI=1S/C21H27BrOS2/c1-23-21-16-11-17(22)13-18(21)20(25(4)5)10-14-6-8-15(9-7-14)19(12-16)24(2)3/h6-9,11,13,19-20H,10,12H2,1-5H3/q+2. The number of hydrogen-bond acceptors (Lipinski definition) is 1. The summed E-state index contributed by atoms with van der Waals surface area (Å²) in [6.45, 7) is 0. The predicted molar refractivity (Wildman–Crippen MR) is 118 cm³/mol. The van der Waals surface area contributed by atoms with E-state index in [4.69, 9.17) is 4.74 Å². The van der Waals surface area contributed by atoms with Gasteiger partial charge in [-0.15, -0.1) is 0 Å². The molecule has 134 valence electrons. The Balaban J connectivity index is 2.24. The van der Waals surface area contributed by atoms with E-state index in [1.54, 1.807) is 0 Å². The van der Waals surface area contributed by atoms with Crippen LogP contribution in [0.2, 0.25) is 0 Å². The van der Waals surface area contributed by atoms with Crippen LogP contribution in [0.15, 0.2) is 40.9 Å². The molecular formula is C21H27BrOS2+2. The van der Waals surface area contributed by atoms with Gasteiger partial charge < -0.3 is 4.74 Å². The van der Waals surface area contributed by atoms with Gasteiger partial charge in [-0.2, -0.15) is 0 Å². The largest absolute Gasteiger partial charge is 0.496 e. The lowest BCUT2D eigenvalue weighted by Gasteiger charge is -2.21. The minimum absolute atomic E-state index is 0.265. The molecule has 0 saturated carbocycles. The van der Waals surface area contributed by atoms with Crippen molar-refractivity contribution in [3.05, 3.63) is 63.1 Å². The normalized spacial score (nSPS) is 20.0. The van der Waals surface area contributed by atoms with Crippen LogP contribution in [0.25, 0.3) is 0 Å². The van der Waals surface area contributed by atoms with Gasteiger partial charge in [0.15, 0.2) is 0 Å². The van der Waals surface area contributed by atoms with Crippen molar-refractivity contribution in [1.29, 1.82) is 0 Å². The molecule has 0 aromatic heterocycles. The number of methoxy groups -OCH3 is 1. The van der Waals surface area contributed by atoms with Crippen molar-refractivity contribution < 1.29 is 4.74 Å². The second kappa shape index (κ2) is 7.98. The predicted octanol–water partition coefficient (Wildman–Crippen LogP) is 5.09. The van der Waals surface area contributed by atoms with Crippen molar-refractivity contribution in [2.45, 2.75) is 23.3 Å². The second-order valence-corrected chi connectivity index (χ2v) is 12.6. The maximum Gasteiger partial charge on any atom is 0.150 e. The Hall–Kier alpha value is -0.580. The molecule has 0 spiro atoms. The van der Waals surface area contributed by atoms with Gasteiger partial charge in [0.2, 0.25) is 0 Å². The first-order valence-corrected chi connectivity index (χ1v) is 13.5. The fraction of sp³-hybridized carbons (Fsp3) is 0.429. The summed E-state index contributed by atoms with van der Waals surface area (Å²) in [4.78, 5) is 0. The Bertz CT molecular complexity index is 740. The SMILES string of the molecule is COc1c2cc(Br)cc1C([S+](C)C)Cc1ccc(cc1)C([S+](C)C)C2. The van der Waals surface area contributed by atoms with E-state index in [-0.39, 0.29) is 10.9 Å². The second-order valence-electron chi connectivity index (χ2n) is 7.07. The molecule has 0 heterocycles. The van der Waals surface area contributed by atoms with Crippen molar-refractivity contribution in [3.8, 4) is 5.75 Å². The van der Waals surface area contributed by atoms with Crippen molar-refractivity contribution in [2.75, 3.05) is 32.1 Å². The van der Waals surface area contributed by atoms with Crippen LogP contribution < -0.4 is 4.74 Å². The van der Waals surface area contributed by atoms with E-state index in [1.165, 1.54) is 26.7 Å². The number of rotatable bonds is 3. The number of hydrogen-bond donors (Lipinski definition) is 0. The summed E-state index contributed by atoms with van der Waals surface area (Å²) in [6.07, 6.45) is 11.5. The van der Waals surface area contributed by atoms with E-state index in [0.29, 0.717) is 21.4 Å². The summed E-state index contributed by atoms with van der Waals surface area (Å²) in [5, 5.41) is 1.01. The molecule has 0 saturated heterocycles. The summed E-state index contributed by atoms with van der Waals surface area (Å²) < 4.78 is 7.14. The van der Waals surface area contributed by atoms with Gasteiger partial charge in [0.25, 0.3) is 0 Å². The van der Waals surface area contributed by atoms with Crippen LogP contribution in [-0.4, -0.2) is 32.1 Å². The van der Waals surface area contributed by atoms with E-state index in [1.807, 2.05) is 7.11 Å². The van der Waals surface area contributed by atoms with Crippen LogP contribution in [0.4, 0.5) is 0 Å². The number of benzene rings is 2. The topological polar surface area (TPSA) is 9.23 Å². The number of halogens is 1. The van der Waals surface area contributed by atoms with Crippen molar-refractivity contribution in [1.82, 2.24) is 0 Å². The average molecular weight is 439 g/mol. The zero-order valence-electron chi connectivity index (χ0n) is 15.6. The molecule has 1 nitrogen and oxygen atoms in total. The van der Waals surface area contributed by atoms with Gasteiger partial charge in [-0.1, -0.05) is 40.2 Å². The molecule has 4 bridgehead atoms. The van der Waals surface area contributed by atoms with Gasteiger partial charge in [-0.25, -0.2) is 0 Å². The molecule has 0 fully saturated rings. The van der Waals surface area contributed by atoms with Crippen LogP contribution in [0.1, 0.15) is 32.8 Å². The molecule has 2 unspecified atom stereocenters. The lowest BCUT2D eigenvalue weighted by molar-refractivity contribution is 0.403. The Labute approximate surface area is 166 Å². The summed E-state index contributed by atoms with van der Waals surface area (Å²) in [5.74, 6) is 1.10. The third kappa shape index (κ3) is 4.06. The third-order valence-corrected chi connectivity index (χ3v) is 8.62. The summed E-state index contributed by atoms with van der Waals surface area (Å²) in [7, 11) is 2.39. The van der Waals surface area contributed by atoms with Crippen LogP contribution in [-0.2, 0) is 34.6 Å². The van der Waals surface area contributed by atoms with Crippen molar-refractivity contribution in [3.63, 3.8) is 0 Å². The first kappa shape index (κ1) is 19.2. The van der Waals surface area contributed by atoms with Gasteiger partial charge in [0.05, 0.1) is 32.1 Å². The van der Waals surface area contributed by atoms with Crippen LogP contribution >= 0.6 is 15.9 Å². The molecule has 0 aliphatic heterocycles. The Morgan fingerprint density at radius 3 is 2.12 bits per heavy atom. The maximum absolute atomic E-state index is 5.97.